The minimum Gasteiger partial charge on any atom is -0.481 e. The van der Waals surface area contributed by atoms with Gasteiger partial charge < -0.3 is 10.8 Å². The third-order valence-corrected chi connectivity index (χ3v) is 2.53. The van der Waals surface area contributed by atoms with Gasteiger partial charge in [0, 0.05) is 6.54 Å². The topological polar surface area (TPSA) is 63.3 Å². The molecule has 0 rings (SSSR count). The van der Waals surface area contributed by atoms with E-state index >= 15 is 0 Å². The Hall–Kier alpha value is -0.570. The Morgan fingerprint density at radius 1 is 1.46 bits per heavy atom. The van der Waals surface area contributed by atoms with Crippen LogP contribution in [0.3, 0.4) is 0 Å². The summed E-state index contributed by atoms with van der Waals surface area (Å²) in [6.07, 6.45) is 4.02. The maximum Gasteiger partial charge on any atom is 0.307 e. The van der Waals surface area contributed by atoms with Crippen LogP contribution in [0.5, 0.6) is 0 Å². The molecule has 0 aliphatic rings. The van der Waals surface area contributed by atoms with Crippen molar-refractivity contribution in [1.82, 2.24) is 0 Å². The van der Waals surface area contributed by atoms with Crippen LogP contribution >= 0.6 is 0 Å². The summed E-state index contributed by atoms with van der Waals surface area (Å²) in [6.45, 7) is 4.49. The molecule has 0 aromatic rings. The van der Waals surface area contributed by atoms with Crippen molar-refractivity contribution in [1.29, 1.82) is 0 Å². The first-order chi connectivity index (χ1) is 6.15. The molecule has 78 valence electrons. The number of nitrogens with two attached hydrogens (primary N) is 1. The highest BCUT2D eigenvalue weighted by molar-refractivity contribution is 5.70. The summed E-state index contributed by atoms with van der Waals surface area (Å²) in [7, 11) is 0. The summed E-state index contributed by atoms with van der Waals surface area (Å²) >= 11 is 0. The van der Waals surface area contributed by atoms with Crippen molar-refractivity contribution < 1.29 is 9.90 Å². The first kappa shape index (κ1) is 12.4. The zero-order valence-electron chi connectivity index (χ0n) is 8.62. The van der Waals surface area contributed by atoms with E-state index < -0.39 is 5.97 Å². The van der Waals surface area contributed by atoms with Crippen LogP contribution in [-0.2, 0) is 4.79 Å². The second kappa shape index (κ2) is 6.89. The molecular weight excluding hydrogens is 166 g/mol. The highest BCUT2D eigenvalue weighted by Crippen LogP contribution is 2.20. The fraction of sp³-hybridized carbons (Fsp3) is 0.900. The van der Waals surface area contributed by atoms with Crippen molar-refractivity contribution in [2.75, 3.05) is 6.54 Å². The molecule has 0 radical (unpaired) electrons. The molecule has 0 fully saturated rings. The number of hydrogen-bond donors (Lipinski definition) is 2. The first-order valence-corrected chi connectivity index (χ1v) is 5.08. The summed E-state index contributed by atoms with van der Waals surface area (Å²) in [5.41, 5.74) is 5.39. The van der Waals surface area contributed by atoms with E-state index in [4.69, 9.17) is 10.8 Å². The highest BCUT2D eigenvalue weighted by Gasteiger charge is 2.19. The Kier molecular flexibility index (Phi) is 6.59. The third kappa shape index (κ3) is 4.88. The van der Waals surface area contributed by atoms with Crippen LogP contribution in [0.2, 0.25) is 0 Å². The molecule has 0 heterocycles. The summed E-state index contributed by atoms with van der Waals surface area (Å²) in [5, 5.41) is 8.81. The van der Waals surface area contributed by atoms with Crippen molar-refractivity contribution in [3.8, 4) is 0 Å². The number of carboxylic acids is 1. The van der Waals surface area contributed by atoms with E-state index in [0.717, 1.165) is 25.7 Å². The largest absolute Gasteiger partial charge is 0.481 e. The van der Waals surface area contributed by atoms with Gasteiger partial charge in [-0.2, -0.15) is 0 Å². The Morgan fingerprint density at radius 3 is 2.38 bits per heavy atom. The minimum absolute atomic E-state index is 0.259. The van der Waals surface area contributed by atoms with Gasteiger partial charge in [0.15, 0.2) is 0 Å². The van der Waals surface area contributed by atoms with Gasteiger partial charge in [-0.3, -0.25) is 4.79 Å². The Balaban J connectivity index is 3.95. The lowest BCUT2D eigenvalue weighted by atomic mass is 9.89. The molecule has 0 aliphatic carbocycles. The van der Waals surface area contributed by atoms with Gasteiger partial charge in [0.05, 0.1) is 5.92 Å². The third-order valence-electron chi connectivity index (χ3n) is 2.53. The average Bonchev–Trinajstić information content (AvgIpc) is 2.11. The fourth-order valence-electron chi connectivity index (χ4n) is 1.60. The zero-order valence-corrected chi connectivity index (χ0v) is 8.62. The average molecular weight is 187 g/mol. The SMILES string of the molecule is CCC[C@@H](CC)CC(CN)C(=O)O. The number of rotatable bonds is 7. The van der Waals surface area contributed by atoms with Crippen LogP contribution in [0.25, 0.3) is 0 Å². The molecule has 0 amide bonds. The quantitative estimate of drug-likeness (QED) is 0.639. The van der Waals surface area contributed by atoms with Crippen molar-refractivity contribution in [3.63, 3.8) is 0 Å². The summed E-state index contributed by atoms with van der Waals surface area (Å²) in [6, 6.07) is 0. The van der Waals surface area contributed by atoms with E-state index in [1.807, 2.05) is 0 Å². The molecule has 0 aromatic heterocycles. The number of hydrogen-bond acceptors (Lipinski definition) is 2. The molecule has 3 heteroatoms. The molecule has 0 spiro atoms. The predicted octanol–water partition coefficient (Wildman–Crippen LogP) is 1.86. The van der Waals surface area contributed by atoms with Crippen LogP contribution in [0.1, 0.15) is 39.5 Å². The van der Waals surface area contributed by atoms with E-state index in [0.29, 0.717) is 5.92 Å². The zero-order chi connectivity index (χ0) is 10.3. The molecule has 1 unspecified atom stereocenters. The number of aliphatic carboxylic acids is 1. The molecule has 0 bridgehead atoms. The lowest BCUT2D eigenvalue weighted by Crippen LogP contribution is -2.25. The van der Waals surface area contributed by atoms with E-state index in [9.17, 15) is 4.79 Å². The van der Waals surface area contributed by atoms with Gasteiger partial charge in [0.1, 0.15) is 0 Å². The van der Waals surface area contributed by atoms with Crippen LogP contribution < -0.4 is 5.73 Å². The van der Waals surface area contributed by atoms with E-state index in [1.54, 1.807) is 0 Å². The smallest absolute Gasteiger partial charge is 0.307 e. The lowest BCUT2D eigenvalue weighted by Gasteiger charge is -2.17. The Morgan fingerprint density at radius 2 is 2.08 bits per heavy atom. The number of carbonyl (C=O) groups is 1. The molecule has 2 atom stereocenters. The van der Waals surface area contributed by atoms with Crippen molar-refractivity contribution >= 4 is 5.97 Å². The Bertz CT molecular complexity index is 148. The number of carboxylic acid groups (broad SMARTS) is 1. The summed E-state index contributed by atoms with van der Waals surface area (Å²) in [5.74, 6) is -0.580. The molecule has 3 N–H and O–H groups in total. The molecule has 0 saturated carbocycles. The lowest BCUT2D eigenvalue weighted by molar-refractivity contribution is -0.142. The van der Waals surface area contributed by atoms with Gasteiger partial charge in [-0.15, -0.1) is 0 Å². The normalized spacial score (nSPS) is 15.3. The van der Waals surface area contributed by atoms with Crippen molar-refractivity contribution in [2.45, 2.75) is 39.5 Å². The molecule has 0 aliphatic heterocycles. The second-order valence-electron chi connectivity index (χ2n) is 3.57. The van der Waals surface area contributed by atoms with Crippen LogP contribution in [0.4, 0.5) is 0 Å². The van der Waals surface area contributed by atoms with Gasteiger partial charge in [-0.05, 0) is 12.3 Å². The maximum atomic E-state index is 10.7. The molecule has 3 nitrogen and oxygen atoms in total. The van der Waals surface area contributed by atoms with E-state index in [-0.39, 0.29) is 12.5 Å². The van der Waals surface area contributed by atoms with Gasteiger partial charge in [0.25, 0.3) is 0 Å². The minimum atomic E-state index is -0.753. The van der Waals surface area contributed by atoms with Gasteiger partial charge in [0.2, 0.25) is 0 Å². The fourth-order valence-corrected chi connectivity index (χ4v) is 1.60. The Labute approximate surface area is 80.3 Å². The predicted molar refractivity (Wildman–Crippen MR) is 53.5 cm³/mol. The molecule has 0 aromatic carbocycles. The first-order valence-electron chi connectivity index (χ1n) is 5.08. The second-order valence-corrected chi connectivity index (χ2v) is 3.57. The standard InChI is InChI=1S/C10H21NO2/c1-3-5-8(4-2)6-9(7-11)10(12)13/h8-9H,3-7,11H2,1-2H3,(H,12,13)/t8-,9?/m1/s1. The molecular formula is C10H21NO2. The highest BCUT2D eigenvalue weighted by atomic mass is 16.4. The molecule has 13 heavy (non-hydrogen) atoms. The van der Waals surface area contributed by atoms with E-state index in [1.165, 1.54) is 0 Å². The van der Waals surface area contributed by atoms with Gasteiger partial charge >= 0.3 is 5.97 Å². The van der Waals surface area contributed by atoms with E-state index in [2.05, 4.69) is 13.8 Å². The summed E-state index contributed by atoms with van der Waals surface area (Å²) in [4.78, 5) is 10.7. The summed E-state index contributed by atoms with van der Waals surface area (Å²) < 4.78 is 0. The molecule has 0 saturated heterocycles. The van der Waals surface area contributed by atoms with Crippen molar-refractivity contribution in [2.24, 2.45) is 17.6 Å². The maximum absolute atomic E-state index is 10.7. The van der Waals surface area contributed by atoms with Crippen LogP contribution in [-0.4, -0.2) is 17.6 Å². The van der Waals surface area contributed by atoms with Crippen LogP contribution in [0.15, 0.2) is 0 Å². The van der Waals surface area contributed by atoms with Crippen molar-refractivity contribution in [3.05, 3.63) is 0 Å². The monoisotopic (exact) mass is 187 g/mol. The van der Waals surface area contributed by atoms with Crippen LogP contribution in [0, 0.1) is 11.8 Å². The van der Waals surface area contributed by atoms with Gasteiger partial charge in [-0.25, -0.2) is 0 Å². The van der Waals surface area contributed by atoms with Gasteiger partial charge in [-0.1, -0.05) is 33.1 Å².